The fourth-order valence-electron chi connectivity index (χ4n) is 2.60. The van der Waals surface area contributed by atoms with Crippen LogP contribution in [0.1, 0.15) is 31.2 Å². The second-order valence-corrected chi connectivity index (χ2v) is 5.76. The standard InChI is InChI=1S/C15H23N3O.2ClH/c1-18(2)11-12-6-5-7-13(10-12)17-14(19)15(16)8-3-4-9-15;;/h5-7,10H,3-4,8-9,11,16H2,1-2H3,(H,17,19);2*1H. The molecule has 1 saturated carbocycles. The Morgan fingerprint density at radius 1 is 1.29 bits per heavy atom. The van der Waals surface area contributed by atoms with Crippen LogP contribution in [0.3, 0.4) is 0 Å². The quantitative estimate of drug-likeness (QED) is 0.890. The molecule has 120 valence electrons. The van der Waals surface area contributed by atoms with Gasteiger partial charge >= 0.3 is 0 Å². The Kier molecular flexibility index (Phi) is 8.26. The maximum Gasteiger partial charge on any atom is 0.244 e. The van der Waals surface area contributed by atoms with Gasteiger partial charge in [-0.25, -0.2) is 0 Å². The number of rotatable bonds is 4. The van der Waals surface area contributed by atoms with Crippen molar-refractivity contribution in [2.75, 3.05) is 19.4 Å². The van der Waals surface area contributed by atoms with Gasteiger partial charge in [0.25, 0.3) is 0 Å². The van der Waals surface area contributed by atoms with Crippen LogP contribution in [-0.4, -0.2) is 30.4 Å². The van der Waals surface area contributed by atoms with Gasteiger partial charge in [0, 0.05) is 12.2 Å². The normalized spacial score (nSPS) is 16.0. The lowest BCUT2D eigenvalue weighted by Gasteiger charge is -2.22. The molecule has 0 spiro atoms. The van der Waals surface area contributed by atoms with Gasteiger partial charge in [-0.3, -0.25) is 4.79 Å². The summed E-state index contributed by atoms with van der Waals surface area (Å²) in [6.45, 7) is 0.859. The van der Waals surface area contributed by atoms with Gasteiger partial charge in [0.2, 0.25) is 5.91 Å². The zero-order chi connectivity index (χ0) is 13.9. The van der Waals surface area contributed by atoms with Crippen LogP contribution in [0.2, 0.25) is 0 Å². The van der Waals surface area contributed by atoms with Crippen LogP contribution in [0, 0.1) is 0 Å². The van der Waals surface area contributed by atoms with Gasteiger partial charge in [0.05, 0.1) is 5.54 Å². The number of nitrogens with two attached hydrogens (primary N) is 1. The monoisotopic (exact) mass is 333 g/mol. The van der Waals surface area contributed by atoms with Gasteiger partial charge in [0.15, 0.2) is 0 Å². The minimum atomic E-state index is -0.669. The molecule has 1 aromatic carbocycles. The third-order valence-corrected chi connectivity index (χ3v) is 3.63. The number of carbonyl (C=O) groups excluding carboxylic acids is 1. The Hall–Kier alpha value is -0.810. The van der Waals surface area contributed by atoms with Crippen LogP contribution in [0.15, 0.2) is 24.3 Å². The zero-order valence-electron chi connectivity index (χ0n) is 12.6. The summed E-state index contributed by atoms with van der Waals surface area (Å²) in [5.41, 5.74) is 7.50. The van der Waals surface area contributed by atoms with Crippen molar-refractivity contribution >= 4 is 36.4 Å². The summed E-state index contributed by atoms with van der Waals surface area (Å²) in [7, 11) is 4.05. The SMILES string of the molecule is CN(C)Cc1cccc(NC(=O)C2(N)CCCC2)c1.Cl.Cl. The molecular formula is C15H25Cl2N3O. The van der Waals surface area contributed by atoms with Crippen LogP contribution < -0.4 is 11.1 Å². The number of amides is 1. The third-order valence-electron chi connectivity index (χ3n) is 3.63. The van der Waals surface area contributed by atoms with Crippen molar-refractivity contribution in [3.8, 4) is 0 Å². The van der Waals surface area contributed by atoms with E-state index < -0.39 is 5.54 Å². The molecule has 21 heavy (non-hydrogen) atoms. The Morgan fingerprint density at radius 3 is 2.48 bits per heavy atom. The fourth-order valence-corrected chi connectivity index (χ4v) is 2.60. The van der Waals surface area contributed by atoms with E-state index in [2.05, 4.69) is 16.3 Å². The number of hydrogen-bond donors (Lipinski definition) is 2. The average molecular weight is 334 g/mol. The molecule has 0 aliphatic heterocycles. The van der Waals surface area contributed by atoms with E-state index in [0.717, 1.165) is 37.9 Å². The summed E-state index contributed by atoms with van der Waals surface area (Å²) in [5.74, 6) is -0.0491. The van der Waals surface area contributed by atoms with Gasteiger partial charge in [-0.05, 0) is 44.6 Å². The van der Waals surface area contributed by atoms with Crippen molar-refractivity contribution in [2.24, 2.45) is 5.73 Å². The number of hydrogen-bond acceptors (Lipinski definition) is 3. The van der Waals surface area contributed by atoms with E-state index >= 15 is 0 Å². The number of anilines is 1. The van der Waals surface area contributed by atoms with Gasteiger partial charge in [-0.1, -0.05) is 25.0 Å². The van der Waals surface area contributed by atoms with E-state index in [1.54, 1.807) is 0 Å². The average Bonchev–Trinajstić information content (AvgIpc) is 2.77. The Labute approximate surface area is 139 Å². The largest absolute Gasteiger partial charge is 0.324 e. The molecule has 0 aromatic heterocycles. The van der Waals surface area contributed by atoms with Gasteiger partial charge in [-0.2, -0.15) is 0 Å². The highest BCUT2D eigenvalue weighted by atomic mass is 35.5. The Balaban J connectivity index is 0.00000200. The van der Waals surface area contributed by atoms with Crippen LogP contribution in [0.4, 0.5) is 5.69 Å². The smallest absolute Gasteiger partial charge is 0.244 e. The lowest BCUT2D eigenvalue weighted by atomic mass is 9.98. The lowest BCUT2D eigenvalue weighted by molar-refractivity contribution is -0.121. The highest BCUT2D eigenvalue weighted by molar-refractivity contribution is 5.98. The van der Waals surface area contributed by atoms with Crippen molar-refractivity contribution in [1.29, 1.82) is 0 Å². The molecule has 1 aromatic rings. The maximum atomic E-state index is 12.2. The van der Waals surface area contributed by atoms with Crippen LogP contribution in [0.5, 0.6) is 0 Å². The van der Waals surface area contributed by atoms with Crippen molar-refractivity contribution < 1.29 is 4.79 Å². The number of halogens is 2. The molecule has 1 aliphatic carbocycles. The summed E-state index contributed by atoms with van der Waals surface area (Å²) in [4.78, 5) is 14.3. The van der Waals surface area contributed by atoms with Crippen LogP contribution in [0.25, 0.3) is 0 Å². The molecule has 6 heteroatoms. The first-order valence-electron chi connectivity index (χ1n) is 6.84. The second-order valence-electron chi connectivity index (χ2n) is 5.76. The molecule has 1 aliphatic rings. The van der Waals surface area contributed by atoms with Crippen molar-refractivity contribution in [3.63, 3.8) is 0 Å². The second kappa shape index (κ2) is 8.59. The highest BCUT2D eigenvalue weighted by Gasteiger charge is 2.36. The first-order valence-corrected chi connectivity index (χ1v) is 6.84. The number of carbonyl (C=O) groups is 1. The molecule has 4 nitrogen and oxygen atoms in total. The molecular weight excluding hydrogens is 309 g/mol. The predicted molar refractivity (Wildman–Crippen MR) is 92.3 cm³/mol. The first-order chi connectivity index (χ1) is 8.99. The maximum absolute atomic E-state index is 12.2. The summed E-state index contributed by atoms with van der Waals surface area (Å²) in [5, 5.41) is 2.96. The van der Waals surface area contributed by atoms with E-state index in [4.69, 9.17) is 5.73 Å². The molecule has 0 saturated heterocycles. The molecule has 0 bridgehead atoms. The van der Waals surface area contributed by atoms with Crippen LogP contribution in [-0.2, 0) is 11.3 Å². The summed E-state index contributed by atoms with van der Waals surface area (Å²) in [6.07, 6.45) is 3.67. The van der Waals surface area contributed by atoms with Crippen molar-refractivity contribution in [2.45, 2.75) is 37.8 Å². The molecule has 0 unspecified atom stereocenters. The van der Waals surface area contributed by atoms with Gasteiger partial charge < -0.3 is 16.0 Å². The summed E-state index contributed by atoms with van der Waals surface area (Å²) in [6, 6.07) is 7.95. The Morgan fingerprint density at radius 2 is 1.90 bits per heavy atom. The number of nitrogens with zero attached hydrogens (tertiary/aromatic N) is 1. The van der Waals surface area contributed by atoms with Crippen LogP contribution >= 0.6 is 24.8 Å². The molecule has 0 heterocycles. The minimum absolute atomic E-state index is 0. The van der Waals surface area contributed by atoms with Crippen molar-refractivity contribution in [3.05, 3.63) is 29.8 Å². The Bertz CT molecular complexity index is 460. The molecule has 0 atom stereocenters. The first kappa shape index (κ1) is 20.2. The van der Waals surface area contributed by atoms with Gasteiger partial charge in [0.1, 0.15) is 0 Å². The predicted octanol–water partition coefficient (Wildman–Crippen LogP) is 2.80. The molecule has 2 rings (SSSR count). The summed E-state index contributed by atoms with van der Waals surface area (Å²) >= 11 is 0. The van der Waals surface area contributed by atoms with E-state index in [0.29, 0.717) is 0 Å². The van der Waals surface area contributed by atoms with E-state index in [1.165, 1.54) is 5.56 Å². The van der Waals surface area contributed by atoms with E-state index in [9.17, 15) is 4.79 Å². The molecule has 1 fully saturated rings. The number of nitrogens with one attached hydrogen (secondary N) is 1. The van der Waals surface area contributed by atoms with Crippen molar-refractivity contribution in [1.82, 2.24) is 4.90 Å². The molecule has 0 radical (unpaired) electrons. The topological polar surface area (TPSA) is 58.4 Å². The number of benzene rings is 1. The fraction of sp³-hybridized carbons (Fsp3) is 0.533. The molecule has 3 N–H and O–H groups in total. The van der Waals surface area contributed by atoms with Gasteiger partial charge in [-0.15, -0.1) is 24.8 Å². The molecule has 1 amide bonds. The van der Waals surface area contributed by atoms with E-state index in [1.807, 2.05) is 32.3 Å². The highest BCUT2D eigenvalue weighted by Crippen LogP contribution is 2.28. The minimum Gasteiger partial charge on any atom is -0.324 e. The summed E-state index contributed by atoms with van der Waals surface area (Å²) < 4.78 is 0. The zero-order valence-corrected chi connectivity index (χ0v) is 14.2. The van der Waals surface area contributed by atoms with E-state index in [-0.39, 0.29) is 30.7 Å². The lowest BCUT2D eigenvalue weighted by Crippen LogP contribution is -2.48. The third kappa shape index (κ3) is 5.47.